The normalized spacial score (nSPS) is 12.1. The van der Waals surface area contributed by atoms with Gasteiger partial charge in [-0.2, -0.15) is 0 Å². The summed E-state index contributed by atoms with van der Waals surface area (Å²) in [5, 5.41) is -1.29. The van der Waals surface area contributed by atoms with E-state index in [9.17, 15) is 21.6 Å². The minimum atomic E-state index is -4.54. The average molecular weight is 261 g/mol. The maximum Gasteiger partial charge on any atom is 0.281 e. The number of pyridine rings is 1. The molecule has 1 rings (SSSR count). The number of hydrogen-bond acceptors (Lipinski definition) is 4. The van der Waals surface area contributed by atoms with Crippen LogP contribution in [0.25, 0.3) is 0 Å². The lowest BCUT2D eigenvalue weighted by atomic mass is 10.2. The summed E-state index contributed by atoms with van der Waals surface area (Å²) < 4.78 is 59.1. The maximum absolute atomic E-state index is 13.1. The van der Waals surface area contributed by atoms with Crippen molar-refractivity contribution in [1.29, 1.82) is 0 Å². The van der Waals surface area contributed by atoms with E-state index in [0.717, 1.165) is 0 Å². The second-order valence-electron chi connectivity index (χ2n) is 2.49. The molecule has 9 heteroatoms. The molecule has 0 aliphatic rings. The highest BCUT2D eigenvalue weighted by atomic mass is 35.7. The fourth-order valence-electron chi connectivity index (χ4n) is 0.865. The lowest BCUT2D eigenvalue weighted by molar-refractivity contribution is 0.145. The van der Waals surface area contributed by atoms with E-state index in [2.05, 4.69) is 4.98 Å². The van der Waals surface area contributed by atoms with Gasteiger partial charge in [0.05, 0.1) is 5.56 Å². The Labute approximate surface area is 87.3 Å². The third kappa shape index (κ3) is 2.51. The summed E-state index contributed by atoms with van der Waals surface area (Å²) in [6.07, 6.45) is -3.20. The second kappa shape index (κ2) is 3.86. The molecule has 0 saturated heterocycles. The van der Waals surface area contributed by atoms with Crippen molar-refractivity contribution in [3.8, 4) is 0 Å². The molecule has 1 heterocycles. The number of nitrogen functional groups attached to an aromatic ring is 1. The van der Waals surface area contributed by atoms with Crippen molar-refractivity contribution >= 4 is 25.6 Å². The topological polar surface area (TPSA) is 73.1 Å². The zero-order chi connectivity index (χ0) is 11.8. The van der Waals surface area contributed by atoms with Gasteiger partial charge in [-0.05, 0) is 6.07 Å². The standard InChI is InChI=1S/C6H4ClF3N2O2S/c7-15(13,14)6-4(8)2(5(9)10)1-3(11)12-6/h1,5H,(H2,11,12). The zero-order valence-corrected chi connectivity index (χ0v) is 8.49. The first kappa shape index (κ1) is 12.1. The zero-order valence-electron chi connectivity index (χ0n) is 6.92. The van der Waals surface area contributed by atoms with Crippen LogP contribution in [-0.2, 0) is 9.05 Å². The fraction of sp³-hybridized carbons (Fsp3) is 0.167. The van der Waals surface area contributed by atoms with Gasteiger partial charge in [-0.1, -0.05) is 0 Å². The first-order chi connectivity index (χ1) is 6.73. The minimum absolute atomic E-state index is 0.547. The summed E-state index contributed by atoms with van der Waals surface area (Å²) in [5.74, 6) is -2.24. The van der Waals surface area contributed by atoms with E-state index in [0.29, 0.717) is 6.07 Å². The van der Waals surface area contributed by atoms with Crippen molar-refractivity contribution in [2.45, 2.75) is 11.5 Å². The predicted molar refractivity (Wildman–Crippen MR) is 46.6 cm³/mol. The summed E-state index contributed by atoms with van der Waals surface area (Å²) in [4.78, 5) is 3.04. The van der Waals surface area contributed by atoms with Crippen molar-refractivity contribution in [2.75, 3.05) is 5.73 Å². The van der Waals surface area contributed by atoms with Crippen molar-refractivity contribution in [3.63, 3.8) is 0 Å². The van der Waals surface area contributed by atoms with E-state index in [1.165, 1.54) is 0 Å². The number of nitrogens with zero attached hydrogens (tertiary/aromatic N) is 1. The Kier molecular flexibility index (Phi) is 3.10. The molecule has 0 bridgehead atoms. The molecule has 0 unspecified atom stereocenters. The molecule has 0 spiro atoms. The second-order valence-corrected chi connectivity index (χ2v) is 4.98. The van der Waals surface area contributed by atoms with Crippen LogP contribution in [0, 0.1) is 5.82 Å². The Hall–Kier alpha value is -1.02. The first-order valence-electron chi connectivity index (χ1n) is 3.42. The molecule has 0 saturated carbocycles. The number of anilines is 1. The summed E-state index contributed by atoms with van der Waals surface area (Å²) in [6.45, 7) is 0. The van der Waals surface area contributed by atoms with Crippen LogP contribution in [0.4, 0.5) is 19.0 Å². The number of rotatable bonds is 2. The van der Waals surface area contributed by atoms with Crippen LogP contribution in [0.2, 0.25) is 0 Å². The van der Waals surface area contributed by atoms with Crippen molar-refractivity contribution in [1.82, 2.24) is 4.98 Å². The molecule has 0 aliphatic heterocycles. The van der Waals surface area contributed by atoms with Gasteiger partial charge >= 0.3 is 0 Å². The Morgan fingerprint density at radius 1 is 1.47 bits per heavy atom. The predicted octanol–water partition coefficient (Wildman–Crippen LogP) is 1.67. The number of halogens is 4. The number of aromatic nitrogens is 1. The van der Waals surface area contributed by atoms with Gasteiger partial charge in [-0.15, -0.1) is 0 Å². The molecule has 84 valence electrons. The third-order valence-corrected chi connectivity index (χ3v) is 2.61. The van der Waals surface area contributed by atoms with Crippen LogP contribution < -0.4 is 5.73 Å². The van der Waals surface area contributed by atoms with E-state index in [1.807, 2.05) is 0 Å². The van der Waals surface area contributed by atoms with Gasteiger partial charge in [-0.25, -0.2) is 26.6 Å². The van der Waals surface area contributed by atoms with E-state index in [-0.39, 0.29) is 0 Å². The minimum Gasteiger partial charge on any atom is -0.384 e. The molecule has 0 radical (unpaired) electrons. The molecule has 2 N–H and O–H groups in total. The van der Waals surface area contributed by atoms with E-state index in [4.69, 9.17) is 16.4 Å². The summed E-state index contributed by atoms with van der Waals surface area (Å²) >= 11 is 0. The summed E-state index contributed by atoms with van der Waals surface area (Å²) in [6, 6.07) is 0.547. The first-order valence-corrected chi connectivity index (χ1v) is 5.73. The third-order valence-electron chi connectivity index (χ3n) is 1.44. The van der Waals surface area contributed by atoms with E-state index in [1.54, 1.807) is 0 Å². The average Bonchev–Trinajstić information content (AvgIpc) is 2.06. The number of alkyl halides is 2. The highest BCUT2D eigenvalue weighted by Crippen LogP contribution is 2.28. The molecule has 4 nitrogen and oxygen atoms in total. The van der Waals surface area contributed by atoms with Crippen LogP contribution in [0.15, 0.2) is 11.1 Å². The van der Waals surface area contributed by atoms with Crippen molar-refractivity contribution in [3.05, 3.63) is 17.4 Å². The molecule has 1 aromatic rings. The molecule has 0 amide bonds. The Morgan fingerprint density at radius 2 is 2.00 bits per heavy atom. The van der Waals surface area contributed by atoms with Crippen LogP contribution in [0.5, 0.6) is 0 Å². The fourth-order valence-corrected chi connectivity index (χ4v) is 1.72. The highest BCUT2D eigenvalue weighted by Gasteiger charge is 2.25. The molecule has 0 aromatic carbocycles. The van der Waals surface area contributed by atoms with Gasteiger partial charge in [0, 0.05) is 10.7 Å². The lowest BCUT2D eigenvalue weighted by Crippen LogP contribution is -2.06. The largest absolute Gasteiger partial charge is 0.384 e. The van der Waals surface area contributed by atoms with Crippen LogP contribution in [0.3, 0.4) is 0 Å². The molecular formula is C6H4ClF3N2O2S. The van der Waals surface area contributed by atoms with Crippen LogP contribution in [0.1, 0.15) is 12.0 Å². The molecule has 0 aliphatic carbocycles. The number of nitrogens with two attached hydrogens (primary N) is 1. The van der Waals surface area contributed by atoms with Crippen LogP contribution >= 0.6 is 10.7 Å². The SMILES string of the molecule is Nc1cc(C(F)F)c(F)c(S(=O)(=O)Cl)n1. The molecule has 1 aromatic heterocycles. The van der Waals surface area contributed by atoms with Gasteiger partial charge < -0.3 is 5.73 Å². The van der Waals surface area contributed by atoms with Gasteiger partial charge in [0.15, 0.2) is 5.82 Å². The monoisotopic (exact) mass is 260 g/mol. The van der Waals surface area contributed by atoms with Crippen LogP contribution in [-0.4, -0.2) is 13.4 Å². The van der Waals surface area contributed by atoms with Gasteiger partial charge in [0.2, 0.25) is 5.03 Å². The summed E-state index contributed by atoms with van der Waals surface area (Å²) in [5.41, 5.74) is 3.88. The molecule has 0 fully saturated rings. The van der Waals surface area contributed by atoms with Crippen molar-refractivity contribution in [2.24, 2.45) is 0 Å². The van der Waals surface area contributed by atoms with E-state index >= 15 is 0 Å². The lowest BCUT2D eigenvalue weighted by Gasteiger charge is -2.05. The van der Waals surface area contributed by atoms with Gasteiger partial charge in [-0.3, -0.25) is 0 Å². The highest BCUT2D eigenvalue weighted by molar-refractivity contribution is 8.13. The Bertz CT molecular complexity index is 491. The number of hydrogen-bond donors (Lipinski definition) is 1. The van der Waals surface area contributed by atoms with Crippen molar-refractivity contribution < 1.29 is 21.6 Å². The van der Waals surface area contributed by atoms with E-state index < -0.39 is 37.7 Å². The smallest absolute Gasteiger partial charge is 0.281 e. The molecule has 15 heavy (non-hydrogen) atoms. The van der Waals surface area contributed by atoms with Gasteiger partial charge in [0.25, 0.3) is 15.5 Å². The molecular weight excluding hydrogens is 257 g/mol. The summed E-state index contributed by atoms with van der Waals surface area (Å²) in [7, 11) is 0.242. The quantitative estimate of drug-likeness (QED) is 0.821. The maximum atomic E-state index is 13.1. The molecule has 0 atom stereocenters. The van der Waals surface area contributed by atoms with Gasteiger partial charge in [0.1, 0.15) is 5.82 Å². The Balaban J connectivity index is 3.56. The Morgan fingerprint density at radius 3 is 2.40 bits per heavy atom.